The highest BCUT2D eigenvalue weighted by Crippen LogP contribution is 2.15. The van der Waals surface area contributed by atoms with Gasteiger partial charge in [-0.3, -0.25) is 10.00 Å². The Labute approximate surface area is 186 Å². The number of rotatable bonds is 9. The summed E-state index contributed by atoms with van der Waals surface area (Å²) in [7, 11) is 0. The lowest BCUT2D eigenvalue weighted by Gasteiger charge is -2.26. The molecule has 10 heteroatoms. The Hall–Kier alpha value is -3.37. The van der Waals surface area contributed by atoms with E-state index in [-0.39, 0.29) is 5.82 Å². The lowest BCUT2D eigenvalue weighted by molar-refractivity contribution is 0.0378. The number of nitrogens with one attached hydrogen (secondary N) is 3. The van der Waals surface area contributed by atoms with Crippen LogP contribution in [0.25, 0.3) is 12.2 Å². The zero-order chi connectivity index (χ0) is 22.2. The number of halogens is 1. The van der Waals surface area contributed by atoms with Crippen LogP contribution in [0.1, 0.15) is 23.5 Å². The standard InChI is InChI=1S/C22H27FN8O/c1-16-14-20(30-29-16)27-22-26-19(7-6-17-4-2-5-18(23)15-17)25-21(28-22)24-8-3-9-31-10-12-32-13-11-31/h2,4-7,14-15H,3,8-13H2,1H3,(H3,24,25,26,27,28,29,30)/b7-6+. The molecule has 1 aliphatic heterocycles. The molecule has 2 aromatic heterocycles. The van der Waals surface area contributed by atoms with Crippen LogP contribution >= 0.6 is 0 Å². The molecule has 0 atom stereocenters. The van der Waals surface area contributed by atoms with Crippen molar-refractivity contribution in [3.63, 3.8) is 0 Å². The van der Waals surface area contributed by atoms with Gasteiger partial charge in [-0.1, -0.05) is 18.2 Å². The van der Waals surface area contributed by atoms with Crippen molar-refractivity contribution in [2.24, 2.45) is 0 Å². The van der Waals surface area contributed by atoms with E-state index < -0.39 is 0 Å². The van der Waals surface area contributed by atoms with Gasteiger partial charge in [0.25, 0.3) is 0 Å². The second-order valence-corrected chi connectivity index (χ2v) is 7.52. The summed E-state index contributed by atoms with van der Waals surface area (Å²) in [5, 5.41) is 13.4. The minimum absolute atomic E-state index is 0.290. The van der Waals surface area contributed by atoms with Crippen LogP contribution in [0.5, 0.6) is 0 Å². The van der Waals surface area contributed by atoms with Crippen molar-refractivity contribution < 1.29 is 9.13 Å². The van der Waals surface area contributed by atoms with E-state index in [0.29, 0.717) is 23.5 Å². The molecule has 0 saturated carbocycles. The largest absolute Gasteiger partial charge is 0.379 e. The number of morpholine rings is 1. The number of aromatic amines is 1. The molecule has 1 aliphatic rings. The topological polar surface area (TPSA) is 104 Å². The van der Waals surface area contributed by atoms with E-state index in [1.165, 1.54) is 12.1 Å². The first-order valence-corrected chi connectivity index (χ1v) is 10.7. The number of aromatic nitrogens is 5. The molecule has 0 bridgehead atoms. The maximum absolute atomic E-state index is 13.5. The van der Waals surface area contributed by atoms with Crippen molar-refractivity contribution in [3.8, 4) is 0 Å². The maximum Gasteiger partial charge on any atom is 0.233 e. The summed E-state index contributed by atoms with van der Waals surface area (Å²) in [6.45, 7) is 7.17. The van der Waals surface area contributed by atoms with Gasteiger partial charge in [-0.05, 0) is 43.7 Å². The molecule has 1 fully saturated rings. The summed E-state index contributed by atoms with van der Waals surface area (Å²) in [5.41, 5.74) is 1.65. The van der Waals surface area contributed by atoms with Gasteiger partial charge in [-0.15, -0.1) is 0 Å². The fraction of sp³-hybridized carbons (Fsp3) is 0.364. The second kappa shape index (κ2) is 10.8. The smallest absolute Gasteiger partial charge is 0.233 e. The zero-order valence-corrected chi connectivity index (χ0v) is 18.0. The molecule has 9 nitrogen and oxygen atoms in total. The highest BCUT2D eigenvalue weighted by molar-refractivity contribution is 5.67. The Morgan fingerprint density at radius 3 is 2.75 bits per heavy atom. The first-order valence-electron chi connectivity index (χ1n) is 10.7. The molecular formula is C22H27FN8O. The molecule has 1 aromatic carbocycles. The second-order valence-electron chi connectivity index (χ2n) is 7.52. The van der Waals surface area contributed by atoms with E-state index in [0.717, 1.165) is 57.1 Å². The molecule has 3 N–H and O–H groups in total. The Bertz CT molecular complexity index is 1050. The predicted molar refractivity (Wildman–Crippen MR) is 122 cm³/mol. The fourth-order valence-electron chi connectivity index (χ4n) is 3.31. The predicted octanol–water partition coefficient (Wildman–Crippen LogP) is 3.09. The molecule has 3 aromatic rings. The number of ether oxygens (including phenoxy) is 1. The molecule has 0 unspecified atom stereocenters. The maximum atomic E-state index is 13.5. The van der Waals surface area contributed by atoms with Gasteiger partial charge >= 0.3 is 0 Å². The number of nitrogens with zero attached hydrogens (tertiary/aromatic N) is 5. The average molecular weight is 439 g/mol. The lowest BCUT2D eigenvalue weighted by atomic mass is 10.2. The Morgan fingerprint density at radius 1 is 1.12 bits per heavy atom. The molecular weight excluding hydrogens is 411 g/mol. The lowest BCUT2D eigenvalue weighted by Crippen LogP contribution is -2.37. The average Bonchev–Trinajstić information content (AvgIpc) is 3.20. The van der Waals surface area contributed by atoms with Crippen LogP contribution in [0.3, 0.4) is 0 Å². The number of hydrogen-bond acceptors (Lipinski definition) is 8. The van der Waals surface area contributed by atoms with Crippen molar-refractivity contribution in [1.29, 1.82) is 0 Å². The summed E-state index contributed by atoms with van der Waals surface area (Å²) in [5.74, 6) is 1.63. The van der Waals surface area contributed by atoms with Crippen LogP contribution in [-0.4, -0.2) is 69.4 Å². The van der Waals surface area contributed by atoms with E-state index in [1.807, 2.05) is 19.1 Å². The van der Waals surface area contributed by atoms with Crippen molar-refractivity contribution >= 4 is 29.9 Å². The summed E-state index contributed by atoms with van der Waals surface area (Å²) in [6.07, 6.45) is 4.46. The van der Waals surface area contributed by atoms with Crippen molar-refractivity contribution in [2.75, 3.05) is 50.0 Å². The van der Waals surface area contributed by atoms with Crippen LogP contribution < -0.4 is 10.6 Å². The number of aryl methyl sites for hydroxylation is 1. The monoisotopic (exact) mass is 438 g/mol. The molecule has 3 heterocycles. The van der Waals surface area contributed by atoms with Gasteiger partial charge in [-0.2, -0.15) is 20.1 Å². The third-order valence-electron chi connectivity index (χ3n) is 4.91. The van der Waals surface area contributed by atoms with Gasteiger partial charge < -0.3 is 15.4 Å². The zero-order valence-electron chi connectivity index (χ0n) is 18.0. The van der Waals surface area contributed by atoms with Gasteiger partial charge in [0.05, 0.1) is 13.2 Å². The number of anilines is 3. The molecule has 0 aliphatic carbocycles. The molecule has 1 saturated heterocycles. The Balaban J connectivity index is 1.44. The first-order chi connectivity index (χ1) is 15.6. The summed E-state index contributed by atoms with van der Waals surface area (Å²) >= 11 is 0. The highest BCUT2D eigenvalue weighted by Gasteiger charge is 2.10. The van der Waals surface area contributed by atoms with Crippen LogP contribution in [0.15, 0.2) is 30.3 Å². The fourth-order valence-corrected chi connectivity index (χ4v) is 3.31. The summed E-state index contributed by atoms with van der Waals surface area (Å²) in [6, 6.07) is 8.21. The van der Waals surface area contributed by atoms with E-state index in [9.17, 15) is 4.39 Å². The SMILES string of the molecule is Cc1cc(Nc2nc(/C=C/c3cccc(F)c3)nc(NCCCN3CCOCC3)n2)n[nH]1. The van der Waals surface area contributed by atoms with Crippen LogP contribution in [-0.2, 0) is 4.74 Å². The molecule has 4 rings (SSSR count). The van der Waals surface area contributed by atoms with E-state index >= 15 is 0 Å². The summed E-state index contributed by atoms with van der Waals surface area (Å²) in [4.78, 5) is 15.8. The van der Waals surface area contributed by atoms with Crippen LogP contribution in [0.4, 0.5) is 22.1 Å². The van der Waals surface area contributed by atoms with E-state index in [1.54, 1.807) is 18.2 Å². The minimum Gasteiger partial charge on any atom is -0.379 e. The van der Waals surface area contributed by atoms with E-state index in [4.69, 9.17) is 4.74 Å². The molecule has 0 radical (unpaired) electrons. The van der Waals surface area contributed by atoms with Gasteiger partial charge in [0.15, 0.2) is 11.6 Å². The quantitative estimate of drug-likeness (QED) is 0.438. The highest BCUT2D eigenvalue weighted by atomic mass is 19.1. The molecule has 0 amide bonds. The van der Waals surface area contributed by atoms with Crippen LogP contribution in [0.2, 0.25) is 0 Å². The molecule has 32 heavy (non-hydrogen) atoms. The summed E-state index contributed by atoms with van der Waals surface area (Å²) < 4.78 is 18.8. The van der Waals surface area contributed by atoms with Gasteiger partial charge in [-0.25, -0.2) is 4.39 Å². The van der Waals surface area contributed by atoms with E-state index in [2.05, 4.69) is 40.7 Å². The Kier molecular flexibility index (Phi) is 7.36. The number of H-pyrrole nitrogens is 1. The third kappa shape index (κ3) is 6.56. The van der Waals surface area contributed by atoms with Gasteiger partial charge in [0.2, 0.25) is 11.9 Å². The third-order valence-corrected chi connectivity index (χ3v) is 4.91. The normalized spacial score (nSPS) is 14.7. The number of hydrogen-bond donors (Lipinski definition) is 3. The van der Waals surface area contributed by atoms with Crippen molar-refractivity contribution in [3.05, 3.63) is 53.2 Å². The Morgan fingerprint density at radius 2 is 1.97 bits per heavy atom. The van der Waals surface area contributed by atoms with Crippen LogP contribution in [0, 0.1) is 12.7 Å². The first kappa shape index (κ1) is 21.8. The van der Waals surface area contributed by atoms with Gasteiger partial charge in [0, 0.05) is 31.4 Å². The van der Waals surface area contributed by atoms with Crippen molar-refractivity contribution in [2.45, 2.75) is 13.3 Å². The molecule has 0 spiro atoms. The van der Waals surface area contributed by atoms with Gasteiger partial charge in [0.1, 0.15) is 5.82 Å². The van der Waals surface area contributed by atoms with Crippen molar-refractivity contribution in [1.82, 2.24) is 30.0 Å². The minimum atomic E-state index is -0.290. The molecule has 168 valence electrons. The number of benzene rings is 1.